The Kier molecular flexibility index (Phi) is 3.05. The van der Waals surface area contributed by atoms with E-state index in [9.17, 15) is 4.79 Å². The van der Waals surface area contributed by atoms with Gasteiger partial charge >= 0.3 is 5.97 Å². The average molecular weight is 173 g/mol. The van der Waals surface area contributed by atoms with Gasteiger partial charge in [-0.3, -0.25) is 4.79 Å². The molecule has 1 fully saturated rings. The molecule has 0 aliphatic carbocycles. The fraction of sp³-hybridized carbons (Fsp3) is 0.875. The topological polar surface area (TPSA) is 69.6 Å². The molecule has 0 aromatic rings. The van der Waals surface area contributed by atoms with Gasteiger partial charge in [-0.25, -0.2) is 0 Å². The van der Waals surface area contributed by atoms with Gasteiger partial charge in [0.05, 0.1) is 5.41 Å². The maximum atomic E-state index is 10.9. The third-order valence-corrected chi connectivity index (χ3v) is 2.51. The van der Waals surface area contributed by atoms with Crippen molar-refractivity contribution in [1.82, 2.24) is 5.32 Å². The number of rotatable bonds is 4. The standard InChI is InChI=1S/C8H15NO3/c10-5-1-2-8(7(11)12)3-4-9-6-8/h9-10H,1-6H2,(H,11,12). The van der Waals surface area contributed by atoms with Gasteiger partial charge in [0.1, 0.15) is 0 Å². The van der Waals surface area contributed by atoms with Crippen LogP contribution in [0.3, 0.4) is 0 Å². The van der Waals surface area contributed by atoms with Gasteiger partial charge in [0.2, 0.25) is 0 Å². The summed E-state index contributed by atoms with van der Waals surface area (Å²) >= 11 is 0. The van der Waals surface area contributed by atoms with E-state index in [4.69, 9.17) is 10.2 Å². The molecule has 3 N–H and O–H groups in total. The molecule has 0 bridgehead atoms. The minimum absolute atomic E-state index is 0.0784. The van der Waals surface area contributed by atoms with Crippen molar-refractivity contribution in [2.24, 2.45) is 5.41 Å². The van der Waals surface area contributed by atoms with Crippen LogP contribution in [-0.2, 0) is 4.79 Å². The Balaban J connectivity index is 2.53. The summed E-state index contributed by atoms with van der Waals surface area (Å²) in [5.74, 6) is -0.735. The van der Waals surface area contributed by atoms with Gasteiger partial charge in [-0.2, -0.15) is 0 Å². The van der Waals surface area contributed by atoms with Crippen LogP contribution < -0.4 is 5.32 Å². The number of aliphatic hydroxyl groups is 1. The molecule has 0 aromatic heterocycles. The van der Waals surface area contributed by atoms with Gasteiger partial charge in [0.15, 0.2) is 0 Å². The Morgan fingerprint density at radius 1 is 1.58 bits per heavy atom. The van der Waals surface area contributed by atoms with E-state index in [2.05, 4.69) is 5.32 Å². The summed E-state index contributed by atoms with van der Waals surface area (Å²) in [6.07, 6.45) is 1.84. The van der Waals surface area contributed by atoms with Crippen molar-refractivity contribution in [2.45, 2.75) is 19.3 Å². The zero-order chi connectivity index (χ0) is 9.03. The first-order valence-corrected chi connectivity index (χ1v) is 4.26. The van der Waals surface area contributed by atoms with E-state index in [1.54, 1.807) is 0 Å². The predicted molar refractivity (Wildman–Crippen MR) is 43.9 cm³/mol. The summed E-state index contributed by atoms with van der Waals surface area (Å²) in [6.45, 7) is 1.40. The quantitative estimate of drug-likeness (QED) is 0.551. The van der Waals surface area contributed by atoms with E-state index in [1.807, 2.05) is 0 Å². The molecule has 0 radical (unpaired) electrons. The second-order valence-electron chi connectivity index (χ2n) is 3.34. The largest absolute Gasteiger partial charge is 0.481 e. The van der Waals surface area contributed by atoms with Crippen LogP contribution in [0.5, 0.6) is 0 Å². The SMILES string of the molecule is O=C(O)C1(CCCO)CCNC1. The number of carboxylic acids is 1. The smallest absolute Gasteiger partial charge is 0.310 e. The van der Waals surface area contributed by atoms with Crippen LogP contribution in [0.2, 0.25) is 0 Å². The van der Waals surface area contributed by atoms with Crippen molar-refractivity contribution >= 4 is 5.97 Å². The lowest BCUT2D eigenvalue weighted by atomic mass is 9.82. The lowest BCUT2D eigenvalue weighted by Gasteiger charge is -2.21. The summed E-state index contributed by atoms with van der Waals surface area (Å²) in [5, 5.41) is 20.6. The number of aliphatic hydroxyl groups excluding tert-OH is 1. The van der Waals surface area contributed by atoms with E-state index < -0.39 is 11.4 Å². The van der Waals surface area contributed by atoms with Crippen molar-refractivity contribution in [2.75, 3.05) is 19.7 Å². The normalized spacial score (nSPS) is 29.1. The van der Waals surface area contributed by atoms with Crippen LogP contribution in [0.1, 0.15) is 19.3 Å². The number of aliphatic carboxylic acids is 1. The maximum Gasteiger partial charge on any atom is 0.310 e. The Hall–Kier alpha value is -0.610. The summed E-state index contributed by atoms with van der Waals surface area (Å²) in [5.41, 5.74) is -0.608. The molecule has 4 heteroatoms. The molecule has 0 aromatic carbocycles. The Labute approximate surface area is 71.6 Å². The summed E-state index contributed by atoms with van der Waals surface area (Å²) in [7, 11) is 0. The molecular formula is C8H15NO3. The van der Waals surface area contributed by atoms with Crippen molar-refractivity contribution in [1.29, 1.82) is 0 Å². The average Bonchev–Trinajstić information content (AvgIpc) is 2.50. The fourth-order valence-electron chi connectivity index (χ4n) is 1.66. The minimum Gasteiger partial charge on any atom is -0.481 e. The highest BCUT2D eigenvalue weighted by Crippen LogP contribution is 2.30. The number of hydrogen-bond acceptors (Lipinski definition) is 3. The predicted octanol–water partition coefficient (Wildman–Crippen LogP) is -0.177. The first-order chi connectivity index (χ1) is 5.71. The molecular weight excluding hydrogens is 158 g/mol. The van der Waals surface area contributed by atoms with E-state index in [0.29, 0.717) is 25.8 Å². The summed E-state index contributed by atoms with van der Waals surface area (Å²) < 4.78 is 0. The highest BCUT2D eigenvalue weighted by molar-refractivity contribution is 5.75. The molecule has 0 amide bonds. The van der Waals surface area contributed by atoms with Gasteiger partial charge in [-0.05, 0) is 25.8 Å². The number of carboxylic acid groups (broad SMARTS) is 1. The molecule has 12 heavy (non-hydrogen) atoms. The van der Waals surface area contributed by atoms with Gasteiger partial charge in [-0.15, -0.1) is 0 Å². The molecule has 4 nitrogen and oxygen atoms in total. The monoisotopic (exact) mass is 173 g/mol. The first kappa shape index (κ1) is 9.48. The van der Waals surface area contributed by atoms with Crippen molar-refractivity contribution in [3.63, 3.8) is 0 Å². The van der Waals surface area contributed by atoms with Crippen LogP contribution in [0.25, 0.3) is 0 Å². The zero-order valence-corrected chi connectivity index (χ0v) is 7.05. The third kappa shape index (κ3) is 1.76. The van der Waals surface area contributed by atoms with Crippen molar-refractivity contribution in [3.8, 4) is 0 Å². The second-order valence-corrected chi connectivity index (χ2v) is 3.34. The molecule has 1 unspecified atom stereocenters. The maximum absolute atomic E-state index is 10.9. The van der Waals surface area contributed by atoms with E-state index in [-0.39, 0.29) is 6.61 Å². The van der Waals surface area contributed by atoms with Gasteiger partial charge in [-0.1, -0.05) is 0 Å². The number of hydrogen-bond donors (Lipinski definition) is 3. The van der Waals surface area contributed by atoms with E-state index in [1.165, 1.54) is 0 Å². The lowest BCUT2D eigenvalue weighted by molar-refractivity contribution is -0.148. The minimum atomic E-state index is -0.735. The molecule has 0 spiro atoms. The molecule has 1 saturated heterocycles. The molecule has 1 rings (SSSR count). The third-order valence-electron chi connectivity index (χ3n) is 2.51. The van der Waals surface area contributed by atoms with Crippen LogP contribution in [-0.4, -0.2) is 35.9 Å². The van der Waals surface area contributed by atoms with Crippen LogP contribution in [0, 0.1) is 5.41 Å². The molecule has 0 saturated carbocycles. The summed E-state index contributed by atoms with van der Waals surface area (Å²) in [4.78, 5) is 10.9. The van der Waals surface area contributed by atoms with Crippen LogP contribution in [0.4, 0.5) is 0 Å². The van der Waals surface area contributed by atoms with Gasteiger partial charge in [0, 0.05) is 13.2 Å². The number of carbonyl (C=O) groups is 1. The second kappa shape index (κ2) is 3.87. The zero-order valence-electron chi connectivity index (χ0n) is 7.05. The number of nitrogens with one attached hydrogen (secondary N) is 1. The molecule has 1 aliphatic rings. The van der Waals surface area contributed by atoms with Crippen molar-refractivity contribution in [3.05, 3.63) is 0 Å². The lowest BCUT2D eigenvalue weighted by Crippen LogP contribution is -2.33. The van der Waals surface area contributed by atoms with E-state index >= 15 is 0 Å². The molecule has 1 aliphatic heterocycles. The summed E-state index contributed by atoms with van der Waals surface area (Å²) in [6, 6.07) is 0. The Morgan fingerprint density at radius 3 is 2.75 bits per heavy atom. The molecule has 70 valence electrons. The van der Waals surface area contributed by atoms with Gasteiger partial charge < -0.3 is 15.5 Å². The van der Waals surface area contributed by atoms with Gasteiger partial charge in [0.25, 0.3) is 0 Å². The highest BCUT2D eigenvalue weighted by Gasteiger charge is 2.40. The fourth-order valence-corrected chi connectivity index (χ4v) is 1.66. The highest BCUT2D eigenvalue weighted by atomic mass is 16.4. The Morgan fingerprint density at radius 2 is 2.33 bits per heavy atom. The molecule has 1 atom stereocenters. The Bertz CT molecular complexity index is 164. The van der Waals surface area contributed by atoms with Crippen LogP contribution >= 0.6 is 0 Å². The van der Waals surface area contributed by atoms with E-state index in [0.717, 1.165) is 6.54 Å². The van der Waals surface area contributed by atoms with Crippen molar-refractivity contribution < 1.29 is 15.0 Å². The molecule has 1 heterocycles. The van der Waals surface area contributed by atoms with Crippen LogP contribution in [0.15, 0.2) is 0 Å². The first-order valence-electron chi connectivity index (χ1n) is 4.26.